The van der Waals surface area contributed by atoms with Gasteiger partial charge in [0.1, 0.15) is 0 Å². The standard InChI is InChI=1S/C29H36F2N6O3S/c1-3-41(39,40)34-21-4-5-23(24(17-21)36-12-8-28(6-7-28)9-13-36)27(38)33-22-16-20-19-32-35(2)26(20)25(18-22)37-14-10-29(30,31)11-15-37/h4-5,16-19,34H,3,6-15H2,1-2H3,(H,33,38). The molecule has 3 fully saturated rings. The lowest BCUT2D eigenvalue weighted by atomic mass is 9.93. The summed E-state index contributed by atoms with van der Waals surface area (Å²) in [5.74, 6) is -3.05. The summed E-state index contributed by atoms with van der Waals surface area (Å²) in [6.07, 6.45) is 5.85. The van der Waals surface area contributed by atoms with Gasteiger partial charge in [-0.15, -0.1) is 0 Å². The molecule has 2 aliphatic heterocycles. The van der Waals surface area contributed by atoms with Crippen LogP contribution in [-0.4, -0.2) is 62.0 Å². The molecule has 0 bridgehead atoms. The Morgan fingerprint density at radius 2 is 1.56 bits per heavy atom. The Balaban J connectivity index is 1.31. The molecule has 0 atom stereocenters. The SMILES string of the molecule is CCS(=O)(=O)Nc1ccc(C(=O)Nc2cc(N3CCC(F)(F)CC3)c3c(cnn3C)c2)c(N2CCC3(CC2)CC3)c1. The molecule has 1 amide bonds. The Bertz CT molecular complexity index is 1580. The number of hydrogen-bond acceptors (Lipinski definition) is 6. The molecule has 2 N–H and O–H groups in total. The van der Waals surface area contributed by atoms with Gasteiger partial charge >= 0.3 is 0 Å². The maximum Gasteiger partial charge on any atom is 0.257 e. The summed E-state index contributed by atoms with van der Waals surface area (Å²) in [7, 11) is -1.67. The largest absolute Gasteiger partial charge is 0.371 e. The summed E-state index contributed by atoms with van der Waals surface area (Å²) in [6.45, 7) is 3.60. The van der Waals surface area contributed by atoms with Gasteiger partial charge < -0.3 is 15.1 Å². The fraction of sp³-hybridized carbons (Fsp3) is 0.517. The van der Waals surface area contributed by atoms with Crippen molar-refractivity contribution in [1.29, 1.82) is 0 Å². The zero-order valence-corrected chi connectivity index (χ0v) is 24.2. The molecule has 3 heterocycles. The van der Waals surface area contributed by atoms with Crippen LogP contribution in [0.3, 0.4) is 0 Å². The first kappa shape index (κ1) is 27.7. The van der Waals surface area contributed by atoms with E-state index in [0.29, 0.717) is 28.0 Å². The number of piperidine rings is 2. The van der Waals surface area contributed by atoms with Gasteiger partial charge in [0.05, 0.1) is 40.1 Å². The number of hydrogen-bond donors (Lipinski definition) is 2. The Morgan fingerprint density at radius 3 is 2.22 bits per heavy atom. The summed E-state index contributed by atoms with van der Waals surface area (Å²) >= 11 is 0. The summed E-state index contributed by atoms with van der Waals surface area (Å²) < 4.78 is 56.7. The van der Waals surface area contributed by atoms with Gasteiger partial charge in [-0.2, -0.15) is 5.10 Å². The van der Waals surface area contributed by atoms with Gasteiger partial charge in [0.15, 0.2) is 0 Å². The van der Waals surface area contributed by atoms with Crippen LogP contribution in [0.4, 0.5) is 31.5 Å². The molecule has 1 aliphatic carbocycles. The van der Waals surface area contributed by atoms with Crippen LogP contribution in [0.25, 0.3) is 10.9 Å². The van der Waals surface area contributed by atoms with Crippen molar-refractivity contribution in [3.8, 4) is 0 Å². The van der Waals surface area contributed by atoms with Crippen molar-refractivity contribution in [2.24, 2.45) is 12.5 Å². The Labute approximate surface area is 238 Å². The predicted octanol–water partition coefficient (Wildman–Crippen LogP) is 5.20. The third-order valence-corrected chi connectivity index (χ3v) is 10.2. The van der Waals surface area contributed by atoms with Crippen molar-refractivity contribution < 1.29 is 22.0 Å². The summed E-state index contributed by atoms with van der Waals surface area (Å²) in [6, 6.07) is 8.68. The number of nitrogens with zero attached hydrogens (tertiary/aromatic N) is 4. The van der Waals surface area contributed by atoms with E-state index in [1.807, 2.05) is 24.1 Å². The molecule has 3 aromatic rings. The number of aryl methyl sites for hydroxylation is 1. The normalized spacial score (nSPS) is 19.9. The molecular weight excluding hydrogens is 550 g/mol. The monoisotopic (exact) mass is 586 g/mol. The number of sulfonamides is 1. The average molecular weight is 587 g/mol. The Morgan fingerprint density at radius 1 is 0.927 bits per heavy atom. The van der Waals surface area contributed by atoms with Crippen molar-refractivity contribution in [2.45, 2.75) is 51.4 Å². The van der Waals surface area contributed by atoms with Crippen LogP contribution < -0.4 is 19.8 Å². The lowest BCUT2D eigenvalue weighted by Gasteiger charge is -2.35. The first-order valence-electron chi connectivity index (χ1n) is 14.3. The molecule has 2 aromatic carbocycles. The molecule has 12 heteroatoms. The molecule has 220 valence electrons. The van der Waals surface area contributed by atoms with Crippen LogP contribution in [0, 0.1) is 5.41 Å². The minimum Gasteiger partial charge on any atom is -0.371 e. The predicted molar refractivity (Wildman–Crippen MR) is 158 cm³/mol. The van der Waals surface area contributed by atoms with Gasteiger partial charge in [0, 0.05) is 57.1 Å². The second-order valence-electron chi connectivity index (χ2n) is 11.7. The number of carbonyl (C=O) groups excluding carboxylic acids is 1. The van der Waals surface area contributed by atoms with Crippen LogP contribution in [0.1, 0.15) is 55.8 Å². The maximum atomic E-state index is 13.9. The number of alkyl halides is 2. The minimum absolute atomic E-state index is 0.0510. The van der Waals surface area contributed by atoms with E-state index < -0.39 is 15.9 Å². The average Bonchev–Trinajstić information content (AvgIpc) is 3.59. The number of benzene rings is 2. The fourth-order valence-electron chi connectivity index (χ4n) is 6.08. The third-order valence-electron chi connectivity index (χ3n) is 8.92. The van der Waals surface area contributed by atoms with E-state index >= 15 is 0 Å². The lowest BCUT2D eigenvalue weighted by molar-refractivity contribution is -0.0220. The van der Waals surface area contributed by atoms with Gasteiger partial charge in [0.2, 0.25) is 10.0 Å². The zero-order valence-electron chi connectivity index (χ0n) is 23.4. The number of fused-ring (bicyclic) bond motifs is 1. The molecule has 1 aromatic heterocycles. The third kappa shape index (κ3) is 5.71. The second-order valence-corrected chi connectivity index (χ2v) is 13.7. The van der Waals surface area contributed by atoms with E-state index in [1.165, 1.54) is 12.8 Å². The molecule has 6 rings (SSSR count). The molecule has 0 unspecified atom stereocenters. The topological polar surface area (TPSA) is 99.6 Å². The van der Waals surface area contributed by atoms with E-state index in [1.54, 1.807) is 36.0 Å². The Hall–Kier alpha value is -3.41. The maximum absolute atomic E-state index is 13.9. The smallest absolute Gasteiger partial charge is 0.257 e. The van der Waals surface area contributed by atoms with Gasteiger partial charge in [-0.3, -0.25) is 14.2 Å². The number of anilines is 4. The molecule has 1 saturated carbocycles. The van der Waals surface area contributed by atoms with Gasteiger partial charge in [0.25, 0.3) is 11.8 Å². The number of amides is 1. The van der Waals surface area contributed by atoms with Gasteiger partial charge in [-0.05, 0) is 68.4 Å². The van der Waals surface area contributed by atoms with Gasteiger partial charge in [-0.25, -0.2) is 17.2 Å². The number of carbonyl (C=O) groups is 1. The molecule has 1 spiro atoms. The van der Waals surface area contributed by atoms with Crippen LogP contribution in [0.5, 0.6) is 0 Å². The van der Waals surface area contributed by atoms with E-state index in [9.17, 15) is 22.0 Å². The number of halogens is 2. The fourth-order valence-corrected chi connectivity index (χ4v) is 6.71. The summed E-state index contributed by atoms with van der Waals surface area (Å²) in [5, 5.41) is 8.19. The highest BCUT2D eigenvalue weighted by Gasteiger charge is 2.44. The highest BCUT2D eigenvalue weighted by Crippen LogP contribution is 2.54. The van der Waals surface area contributed by atoms with E-state index in [4.69, 9.17) is 0 Å². The molecule has 41 heavy (non-hydrogen) atoms. The number of nitrogens with one attached hydrogen (secondary N) is 2. The highest BCUT2D eigenvalue weighted by molar-refractivity contribution is 7.92. The lowest BCUT2D eigenvalue weighted by Crippen LogP contribution is -2.39. The van der Waals surface area contributed by atoms with Crippen LogP contribution in [0.2, 0.25) is 0 Å². The van der Waals surface area contributed by atoms with Gasteiger partial charge in [-0.1, -0.05) is 0 Å². The molecule has 2 saturated heterocycles. The molecular formula is C29H36F2N6O3S. The Kier molecular flexibility index (Phi) is 6.87. The van der Waals surface area contributed by atoms with Crippen molar-refractivity contribution in [3.05, 3.63) is 42.1 Å². The number of rotatable bonds is 7. The first-order chi connectivity index (χ1) is 19.5. The van der Waals surface area contributed by atoms with E-state index in [2.05, 4.69) is 20.0 Å². The molecule has 0 radical (unpaired) electrons. The van der Waals surface area contributed by atoms with Crippen molar-refractivity contribution in [2.75, 3.05) is 51.8 Å². The first-order valence-corrected chi connectivity index (χ1v) is 15.9. The summed E-state index contributed by atoms with van der Waals surface area (Å²) in [4.78, 5) is 17.9. The van der Waals surface area contributed by atoms with E-state index in [0.717, 1.165) is 42.5 Å². The zero-order chi connectivity index (χ0) is 29.0. The quantitative estimate of drug-likeness (QED) is 0.395. The highest BCUT2D eigenvalue weighted by atomic mass is 32.2. The molecule has 3 aliphatic rings. The second kappa shape index (κ2) is 10.1. The van der Waals surface area contributed by atoms with Crippen LogP contribution >= 0.6 is 0 Å². The van der Waals surface area contributed by atoms with Crippen molar-refractivity contribution in [1.82, 2.24) is 9.78 Å². The number of aromatic nitrogens is 2. The van der Waals surface area contributed by atoms with Crippen molar-refractivity contribution >= 4 is 49.6 Å². The van der Waals surface area contributed by atoms with E-state index in [-0.39, 0.29) is 37.6 Å². The van der Waals surface area contributed by atoms with Crippen LogP contribution in [-0.2, 0) is 17.1 Å². The minimum atomic E-state index is -3.48. The van der Waals surface area contributed by atoms with Crippen LogP contribution in [0.15, 0.2) is 36.5 Å². The molecule has 9 nitrogen and oxygen atoms in total. The van der Waals surface area contributed by atoms with Crippen molar-refractivity contribution in [3.63, 3.8) is 0 Å². The summed E-state index contributed by atoms with van der Waals surface area (Å²) in [5.41, 5.74) is 4.12.